The van der Waals surface area contributed by atoms with Crippen LogP contribution < -0.4 is 95.6 Å². The maximum atomic E-state index is 15.8. The number of nitrogens with one attached hydrogen (secondary N) is 15. The number of aliphatic carboxylic acids is 1. The summed E-state index contributed by atoms with van der Waals surface area (Å²) in [5.41, 5.74) is 23.3. The molecule has 1 spiro atoms. The molecule has 3 saturated carbocycles. The minimum Gasteiger partial charge on any atom is -0.480 e. The predicted octanol–water partition coefficient (Wildman–Crippen LogP) is 8.45. The van der Waals surface area contributed by atoms with Crippen molar-refractivity contribution in [2.45, 2.75) is 268 Å². The lowest BCUT2D eigenvalue weighted by molar-refractivity contribution is -0.142. The van der Waals surface area contributed by atoms with Crippen molar-refractivity contribution in [2.24, 2.45) is 40.7 Å². The van der Waals surface area contributed by atoms with Gasteiger partial charge in [-0.3, -0.25) is 94.5 Å². The summed E-state index contributed by atoms with van der Waals surface area (Å²) >= 11 is 15.1. The zero-order valence-corrected chi connectivity index (χ0v) is 83.2. The van der Waals surface area contributed by atoms with Crippen LogP contribution in [0.3, 0.4) is 0 Å². The first-order valence-electron chi connectivity index (χ1n) is 49.6. The molecule has 4 aromatic heterocycles. The molecule has 3 aliphatic carbocycles. The summed E-state index contributed by atoms with van der Waals surface area (Å²) in [6.45, 7) is 3.13. The summed E-state index contributed by atoms with van der Waals surface area (Å²) in [6.07, 6.45) is 19.0. The van der Waals surface area contributed by atoms with Crippen LogP contribution in [-0.4, -0.2) is 192 Å². The van der Waals surface area contributed by atoms with Gasteiger partial charge in [0, 0.05) is 126 Å². The van der Waals surface area contributed by atoms with Crippen molar-refractivity contribution >= 4 is 112 Å². The van der Waals surface area contributed by atoms with Crippen LogP contribution in [-0.2, 0) is 92.8 Å². The first-order valence-corrected chi connectivity index (χ1v) is 50.4. The number of aromatic nitrogens is 4. The van der Waals surface area contributed by atoms with Gasteiger partial charge >= 0.3 is 23.9 Å². The van der Waals surface area contributed by atoms with E-state index in [0.717, 1.165) is 70.6 Å². The number of nitrogens with zero attached hydrogens (tertiary/aromatic N) is 6. The van der Waals surface area contributed by atoms with Crippen LogP contribution in [0.4, 0.5) is 0 Å². The number of fused-ring (bicyclic) bond motifs is 6. The Hall–Kier alpha value is -14.2. The standard InChI is InChI=1S/C102H133Cl2N25O16/c1-60(130)142-87-71(58-128(54-66-30-12-16-40-113-66)55-67-31-13-17-41-114-67)85-74(52-76(87)103)102(75-53-77(104)88(143-61(2)131)72(86(75)144-85)59-129(56-68-32-14-18-42-115-68)57-69-33-15-19-43-116-69)73-39-38-65(51-70(73)97(141)145-102)89(132)121-78(34-20-44-117-98(105)106)90(133)125-82(48-62-24-6-3-7-25-62)93(136)122-79(35-21-45-118-99(107)108)91(134)126-83(49-63-26-8-4-9-27-63)94(137)123-80(36-22-46-119-100(109)110)92(135)127-84(50-64-28-10-5-11-29-64)95(138)124-81(96(139)140)37-23-47-120-101(111)112/h12-19,30-33,38-43,51-53,62-64,78-84H,3-11,20-29,34-37,44-50,54-59H2,1-2H3,(H,121,132)(H,122,136)(H,123,137)(H,124,138)(H,125,133)(H,126,134)(H,127,135)(H,139,140)(H4,105,106,117)(H4,107,108,118)(H4,109,110,119)(H4,111,112,120)/t78-,79-,80-,81-,82+,83+,84+/m1/s1. The summed E-state index contributed by atoms with van der Waals surface area (Å²) in [4.78, 5) is 186. The Balaban J connectivity index is 0.886. The number of guanidine groups is 4. The second-order valence-corrected chi connectivity index (χ2v) is 38.5. The average Bonchev–Trinajstić information content (AvgIpc) is 1.58. The number of carboxylic acid groups (broad SMARTS) is 1. The Bertz CT molecular complexity index is 5480. The summed E-state index contributed by atoms with van der Waals surface area (Å²) in [6, 6.07) is 19.2. The van der Waals surface area contributed by atoms with Crippen molar-refractivity contribution in [3.8, 4) is 23.0 Å². The molecule has 24 N–H and O–H groups in total. The number of carbonyl (C=O) groups is 11. The summed E-state index contributed by atoms with van der Waals surface area (Å²) in [7, 11) is 0. The molecule has 5 aliphatic rings. The lowest BCUT2D eigenvalue weighted by Gasteiger charge is -2.40. The molecule has 7 atom stereocenters. The van der Waals surface area contributed by atoms with Crippen LogP contribution in [0.15, 0.2) is 128 Å². The number of hydrogen-bond acceptors (Lipinski definition) is 25. The van der Waals surface area contributed by atoms with Crippen molar-refractivity contribution in [1.82, 2.24) is 88.2 Å². The number of pyridine rings is 4. The Morgan fingerprint density at radius 1 is 0.421 bits per heavy atom. The van der Waals surface area contributed by atoms with E-state index < -0.39 is 113 Å². The SMILES string of the molecule is CC(=O)Oc1c(Cl)cc2c(c1CN(Cc1ccccn1)Cc1ccccn1)Oc1c(cc(Cl)c(OC(C)=O)c1CN(Cc1ccccn1)Cc1ccccn1)C21OC(=O)c2cc(C(=O)N[C@H](CCCNC(=N)N)C(=O)N[C@@H](CC3CCCCC3)C(=O)N[C@H](CCCNC(=N)N)C(=O)N[C@@H](CC3CCCCC3)C(=O)N[C@H](CCCNC(=N)N)C(=O)N[C@@H](CC3CCCCC3)C(=O)N[C@H](CCCNC(=N)N)C(=O)O)ccc21. The number of esters is 3. The highest BCUT2D eigenvalue weighted by atomic mass is 35.5. The monoisotopic (exact) mass is 2030 g/mol. The first-order chi connectivity index (χ1) is 69.7. The first kappa shape index (κ1) is 110. The van der Waals surface area contributed by atoms with Gasteiger partial charge in [-0.15, -0.1) is 0 Å². The van der Waals surface area contributed by atoms with Gasteiger partial charge in [-0.05, 0) is 161 Å². The molecule has 41 nitrogen and oxygen atoms in total. The lowest BCUT2D eigenvalue weighted by Crippen LogP contribution is -2.60. The average molecular weight is 2040 g/mol. The molecule has 0 unspecified atom stereocenters. The maximum Gasteiger partial charge on any atom is 0.340 e. The highest BCUT2D eigenvalue weighted by Crippen LogP contribution is 2.62. The molecule has 3 aromatic carbocycles. The smallest absolute Gasteiger partial charge is 0.340 e. The van der Waals surface area contributed by atoms with Crippen molar-refractivity contribution < 1.29 is 76.8 Å². The fourth-order valence-corrected chi connectivity index (χ4v) is 20.2. The van der Waals surface area contributed by atoms with Crippen molar-refractivity contribution in [3.63, 3.8) is 0 Å². The van der Waals surface area contributed by atoms with Crippen molar-refractivity contribution in [3.05, 3.63) is 200 Å². The van der Waals surface area contributed by atoms with E-state index in [4.69, 9.17) is 86.7 Å². The number of nitrogens with two attached hydrogens (primary N) is 4. The van der Waals surface area contributed by atoms with E-state index in [1.807, 2.05) is 58.3 Å². The summed E-state index contributed by atoms with van der Waals surface area (Å²) < 4.78 is 26.7. The van der Waals surface area contributed by atoms with Gasteiger partial charge in [0.1, 0.15) is 53.8 Å². The van der Waals surface area contributed by atoms with E-state index in [-0.39, 0.29) is 250 Å². The van der Waals surface area contributed by atoms with Gasteiger partial charge in [-0.1, -0.05) is 150 Å². The Morgan fingerprint density at radius 2 is 0.731 bits per heavy atom. The lowest BCUT2D eigenvalue weighted by atomic mass is 9.76. The van der Waals surface area contributed by atoms with E-state index >= 15 is 33.6 Å². The van der Waals surface area contributed by atoms with E-state index in [0.29, 0.717) is 48.5 Å². The number of benzene rings is 3. The topological polar surface area (TPSA) is 635 Å². The van der Waals surface area contributed by atoms with Crippen LogP contribution in [0.25, 0.3) is 0 Å². The maximum absolute atomic E-state index is 15.8. The molecule has 2 aliphatic heterocycles. The second-order valence-electron chi connectivity index (χ2n) is 37.7. The van der Waals surface area contributed by atoms with Gasteiger partial charge < -0.3 is 105 Å². The molecule has 12 rings (SSSR count). The molecule has 0 saturated heterocycles. The predicted molar refractivity (Wildman–Crippen MR) is 541 cm³/mol. The third-order valence-corrected chi connectivity index (χ3v) is 27.1. The minimum atomic E-state index is -2.18. The molecular formula is C102H133Cl2N25O16. The van der Waals surface area contributed by atoms with Gasteiger partial charge in [-0.2, -0.15) is 0 Å². The summed E-state index contributed by atoms with van der Waals surface area (Å²) in [5, 5.41) is 72.3. The molecule has 3 fully saturated rings. The van der Waals surface area contributed by atoms with E-state index in [2.05, 4.69) is 78.4 Å². The fraction of sp³-hybridized carbons (Fsp3) is 0.480. The largest absolute Gasteiger partial charge is 0.480 e. The van der Waals surface area contributed by atoms with Crippen molar-refractivity contribution in [1.29, 1.82) is 21.6 Å². The molecule has 0 bridgehead atoms. The highest BCUT2D eigenvalue weighted by Gasteiger charge is 2.57. The second kappa shape index (κ2) is 53.9. The number of rotatable bonds is 51. The zero-order valence-electron chi connectivity index (χ0n) is 81.7. The molecule has 776 valence electrons. The van der Waals surface area contributed by atoms with Gasteiger partial charge in [-0.25, -0.2) is 9.59 Å². The molecule has 6 heterocycles. The number of amides is 7. The van der Waals surface area contributed by atoms with Crippen LogP contribution in [0.1, 0.15) is 252 Å². The van der Waals surface area contributed by atoms with Gasteiger partial charge in [0.2, 0.25) is 35.4 Å². The normalized spacial score (nSPS) is 15.8. The Morgan fingerprint density at radius 3 is 1.04 bits per heavy atom. The molecule has 145 heavy (non-hydrogen) atoms. The van der Waals surface area contributed by atoms with E-state index in [1.54, 1.807) is 49.1 Å². The van der Waals surface area contributed by atoms with Gasteiger partial charge in [0.15, 0.2) is 40.9 Å². The quantitative estimate of drug-likeness (QED) is 0.00558. The summed E-state index contributed by atoms with van der Waals surface area (Å²) in [5.74, 6) is -11.6. The third-order valence-electron chi connectivity index (χ3n) is 26.6. The fourth-order valence-electron chi connectivity index (χ4n) is 19.6. The van der Waals surface area contributed by atoms with E-state index in [1.165, 1.54) is 44.2 Å². The van der Waals surface area contributed by atoms with Crippen LogP contribution in [0.2, 0.25) is 10.0 Å². The van der Waals surface area contributed by atoms with Gasteiger partial charge in [0.25, 0.3) is 5.91 Å². The van der Waals surface area contributed by atoms with E-state index in [9.17, 15) is 24.3 Å². The van der Waals surface area contributed by atoms with Crippen LogP contribution in [0, 0.1) is 39.4 Å². The third kappa shape index (κ3) is 31.9. The number of carbonyl (C=O) groups excluding carboxylic acids is 10. The highest BCUT2D eigenvalue weighted by molar-refractivity contribution is 6.33. The molecule has 7 amide bonds. The van der Waals surface area contributed by atoms with Crippen molar-refractivity contribution in [2.75, 3.05) is 26.2 Å². The Kier molecular flexibility index (Phi) is 40.8. The molecule has 43 heteroatoms. The number of carboxylic acids is 1. The number of ether oxygens (including phenoxy) is 4. The molecule has 7 aromatic rings. The molecular weight excluding hydrogens is 1900 g/mol. The Labute approximate surface area is 851 Å². The number of halogens is 2. The number of hydrogen-bond donors (Lipinski definition) is 20. The van der Waals surface area contributed by atoms with Crippen LogP contribution in [0.5, 0.6) is 23.0 Å². The van der Waals surface area contributed by atoms with Gasteiger partial charge in [0.05, 0.1) is 49.5 Å². The van der Waals surface area contributed by atoms with Crippen LogP contribution >= 0.6 is 23.2 Å². The molecule has 0 radical (unpaired) electrons. The zero-order chi connectivity index (χ0) is 104. The minimum absolute atomic E-state index is 0.0294.